The van der Waals surface area contributed by atoms with Crippen molar-refractivity contribution in [2.45, 2.75) is 27.2 Å². The number of carbonyl (C=O) groups excluding carboxylic acids is 1. The van der Waals surface area contributed by atoms with Crippen molar-refractivity contribution in [2.24, 2.45) is 0 Å². The van der Waals surface area contributed by atoms with Crippen LogP contribution in [0.5, 0.6) is 0 Å². The van der Waals surface area contributed by atoms with E-state index < -0.39 is 10.9 Å². The van der Waals surface area contributed by atoms with E-state index in [1.165, 1.54) is 30.9 Å². The topological polar surface area (TPSA) is 93.9 Å². The zero-order valence-corrected chi connectivity index (χ0v) is 19.1. The Kier molecular flexibility index (Phi) is 9.84. The van der Waals surface area contributed by atoms with Crippen LogP contribution in [0.1, 0.15) is 43.1 Å². The molecule has 1 heterocycles. The maximum absolute atomic E-state index is 12.0. The predicted molar refractivity (Wildman–Crippen MR) is 126 cm³/mol. The van der Waals surface area contributed by atoms with Crippen molar-refractivity contribution in [2.75, 3.05) is 38.9 Å². The van der Waals surface area contributed by atoms with E-state index in [2.05, 4.69) is 23.2 Å². The summed E-state index contributed by atoms with van der Waals surface area (Å²) in [5, 5.41) is 14.7. The summed E-state index contributed by atoms with van der Waals surface area (Å²) in [6, 6.07) is 12.0. The smallest absolute Gasteiger partial charge is 0.340 e. The quantitative estimate of drug-likeness (QED) is 0.259. The van der Waals surface area contributed by atoms with Gasteiger partial charge < -0.3 is 14.8 Å². The highest BCUT2D eigenvalue weighted by Crippen LogP contribution is 2.31. The first-order valence-corrected chi connectivity index (χ1v) is 10.7. The molecule has 0 bridgehead atoms. The van der Waals surface area contributed by atoms with E-state index >= 15 is 0 Å². The SMILES string of the molecule is CC.CCN1CC=C(c2cccc(Nc3ccc(C(=O)OCOC)cc3[N+](=O)[O-])c2)CC1. The van der Waals surface area contributed by atoms with E-state index in [-0.39, 0.29) is 18.0 Å². The fraction of sp³-hybridized carbons (Fsp3) is 0.375. The van der Waals surface area contributed by atoms with Crippen molar-refractivity contribution in [3.63, 3.8) is 0 Å². The first-order chi connectivity index (χ1) is 15.5. The van der Waals surface area contributed by atoms with Gasteiger partial charge in [-0.3, -0.25) is 15.0 Å². The fourth-order valence-corrected chi connectivity index (χ4v) is 3.32. The predicted octanol–water partition coefficient (Wildman–Crippen LogP) is 5.23. The lowest BCUT2D eigenvalue weighted by atomic mass is 9.99. The Hall–Kier alpha value is -3.23. The molecule has 0 spiro atoms. The standard InChI is InChI=1S/C22H25N3O5.C2H6/c1-3-24-11-9-16(10-12-24)17-5-4-6-19(13-17)23-20-8-7-18(14-21(20)25(27)28)22(26)30-15-29-2;1-2/h4-9,13-14,23H,3,10-12,15H2,1-2H3;1-2H3. The Morgan fingerprint density at radius 1 is 1.22 bits per heavy atom. The van der Waals surface area contributed by atoms with Crippen LogP contribution in [0.2, 0.25) is 0 Å². The number of esters is 1. The Morgan fingerprint density at radius 2 is 2.00 bits per heavy atom. The molecule has 8 heteroatoms. The highest BCUT2D eigenvalue weighted by molar-refractivity contribution is 5.91. The summed E-state index contributed by atoms with van der Waals surface area (Å²) < 4.78 is 9.55. The highest BCUT2D eigenvalue weighted by atomic mass is 16.7. The lowest BCUT2D eigenvalue weighted by Crippen LogP contribution is -2.27. The van der Waals surface area contributed by atoms with Crippen molar-refractivity contribution in [1.82, 2.24) is 4.90 Å². The molecule has 0 unspecified atom stereocenters. The second-order valence-corrected chi connectivity index (χ2v) is 6.91. The van der Waals surface area contributed by atoms with Gasteiger partial charge in [-0.2, -0.15) is 0 Å². The summed E-state index contributed by atoms with van der Waals surface area (Å²) in [6.45, 7) is 8.91. The van der Waals surface area contributed by atoms with Gasteiger partial charge in [0.05, 0.1) is 10.5 Å². The molecular weight excluding hydrogens is 410 g/mol. The molecule has 8 nitrogen and oxygen atoms in total. The van der Waals surface area contributed by atoms with Crippen LogP contribution >= 0.6 is 0 Å². The van der Waals surface area contributed by atoms with Crippen LogP contribution < -0.4 is 5.32 Å². The number of anilines is 2. The number of nitrogens with zero attached hydrogens (tertiary/aromatic N) is 2. The number of likely N-dealkylation sites (N-methyl/N-ethyl adjacent to an activating group) is 1. The Morgan fingerprint density at radius 3 is 2.62 bits per heavy atom. The van der Waals surface area contributed by atoms with Crippen LogP contribution in [-0.4, -0.2) is 49.3 Å². The Bertz CT molecular complexity index is 958. The van der Waals surface area contributed by atoms with Crippen LogP contribution in [0, 0.1) is 10.1 Å². The van der Waals surface area contributed by atoms with Gasteiger partial charge in [-0.15, -0.1) is 0 Å². The fourth-order valence-electron chi connectivity index (χ4n) is 3.32. The van der Waals surface area contributed by atoms with E-state index in [1.54, 1.807) is 0 Å². The van der Waals surface area contributed by atoms with Gasteiger partial charge in [-0.25, -0.2) is 4.79 Å². The second kappa shape index (κ2) is 12.6. The molecule has 32 heavy (non-hydrogen) atoms. The van der Waals surface area contributed by atoms with Gasteiger partial charge in [0.15, 0.2) is 6.79 Å². The number of carbonyl (C=O) groups is 1. The van der Waals surface area contributed by atoms with Crippen LogP contribution in [0.15, 0.2) is 48.5 Å². The van der Waals surface area contributed by atoms with Gasteiger partial charge in [0, 0.05) is 32.0 Å². The van der Waals surface area contributed by atoms with Crippen LogP contribution in [0.3, 0.4) is 0 Å². The largest absolute Gasteiger partial charge is 0.435 e. The minimum Gasteiger partial charge on any atom is -0.435 e. The molecule has 1 N–H and O–H groups in total. The minimum absolute atomic E-state index is 0.0888. The Balaban J connectivity index is 0.00000176. The molecular formula is C24H31N3O5. The first-order valence-electron chi connectivity index (χ1n) is 10.7. The van der Waals surface area contributed by atoms with Gasteiger partial charge in [0.1, 0.15) is 5.69 Å². The van der Waals surface area contributed by atoms with Gasteiger partial charge in [0.25, 0.3) is 5.69 Å². The van der Waals surface area contributed by atoms with E-state index in [9.17, 15) is 14.9 Å². The maximum atomic E-state index is 12.0. The molecule has 0 aromatic heterocycles. The minimum atomic E-state index is -0.682. The lowest BCUT2D eigenvalue weighted by molar-refractivity contribution is -0.383. The van der Waals surface area contributed by atoms with Gasteiger partial charge in [-0.05, 0) is 48.4 Å². The van der Waals surface area contributed by atoms with Crippen molar-refractivity contribution in [3.05, 3.63) is 69.8 Å². The molecule has 3 rings (SSSR count). The molecule has 0 fully saturated rings. The number of nitro groups is 1. The molecule has 1 aliphatic rings. The maximum Gasteiger partial charge on any atom is 0.340 e. The summed E-state index contributed by atoms with van der Waals surface area (Å²) in [5.41, 5.74) is 3.29. The number of rotatable bonds is 8. The van der Waals surface area contributed by atoms with E-state index in [0.29, 0.717) is 5.69 Å². The zero-order valence-electron chi connectivity index (χ0n) is 19.1. The summed E-state index contributed by atoms with van der Waals surface area (Å²) in [7, 11) is 1.39. The van der Waals surface area contributed by atoms with Crippen LogP contribution in [0.4, 0.5) is 17.1 Å². The average molecular weight is 442 g/mol. The molecule has 0 saturated carbocycles. The van der Waals surface area contributed by atoms with Crippen molar-refractivity contribution in [1.29, 1.82) is 0 Å². The van der Waals surface area contributed by atoms with E-state index in [0.717, 1.165) is 37.3 Å². The third kappa shape index (κ3) is 6.63. The number of nitro benzene ring substituents is 1. The molecule has 0 aliphatic carbocycles. The van der Waals surface area contributed by atoms with Crippen molar-refractivity contribution in [3.8, 4) is 0 Å². The number of hydrogen-bond donors (Lipinski definition) is 1. The van der Waals surface area contributed by atoms with Crippen molar-refractivity contribution < 1.29 is 19.2 Å². The summed E-state index contributed by atoms with van der Waals surface area (Å²) in [6.07, 6.45) is 3.20. The summed E-state index contributed by atoms with van der Waals surface area (Å²) >= 11 is 0. The summed E-state index contributed by atoms with van der Waals surface area (Å²) in [5.74, 6) is -0.682. The molecule has 2 aromatic carbocycles. The number of benzene rings is 2. The molecule has 172 valence electrons. The molecule has 0 atom stereocenters. The summed E-state index contributed by atoms with van der Waals surface area (Å²) in [4.78, 5) is 25.4. The highest BCUT2D eigenvalue weighted by Gasteiger charge is 2.19. The molecule has 0 radical (unpaired) electrons. The molecule has 0 amide bonds. The van der Waals surface area contributed by atoms with E-state index in [4.69, 9.17) is 9.47 Å². The number of nitrogens with one attached hydrogen (secondary N) is 1. The monoisotopic (exact) mass is 441 g/mol. The number of methoxy groups -OCH3 is 1. The number of ether oxygens (including phenoxy) is 2. The third-order valence-corrected chi connectivity index (χ3v) is 4.99. The van der Waals surface area contributed by atoms with Gasteiger partial charge in [-0.1, -0.05) is 39.0 Å². The normalized spacial score (nSPS) is 13.4. The number of hydrogen-bond acceptors (Lipinski definition) is 7. The van der Waals surface area contributed by atoms with Crippen LogP contribution in [-0.2, 0) is 9.47 Å². The van der Waals surface area contributed by atoms with Gasteiger partial charge >= 0.3 is 5.97 Å². The third-order valence-electron chi connectivity index (χ3n) is 4.99. The zero-order chi connectivity index (χ0) is 23.5. The average Bonchev–Trinajstić information content (AvgIpc) is 2.84. The van der Waals surface area contributed by atoms with E-state index in [1.807, 2.05) is 38.1 Å². The molecule has 1 aliphatic heterocycles. The first kappa shape index (κ1) is 25.0. The molecule has 0 saturated heterocycles. The van der Waals surface area contributed by atoms with Gasteiger partial charge in [0.2, 0.25) is 0 Å². The van der Waals surface area contributed by atoms with Crippen molar-refractivity contribution >= 4 is 28.6 Å². The van der Waals surface area contributed by atoms with Crippen LogP contribution in [0.25, 0.3) is 5.57 Å². The lowest BCUT2D eigenvalue weighted by Gasteiger charge is -2.25. The molecule has 2 aromatic rings. The second-order valence-electron chi connectivity index (χ2n) is 6.91. The Labute approximate surface area is 189 Å².